The molecule has 19 heavy (non-hydrogen) atoms. The Morgan fingerprint density at radius 2 is 1.53 bits per heavy atom. The zero-order chi connectivity index (χ0) is 14.2. The van der Waals surface area contributed by atoms with Gasteiger partial charge in [0.05, 0.1) is 6.04 Å². The van der Waals surface area contributed by atoms with E-state index in [1.165, 1.54) is 22.3 Å². The van der Waals surface area contributed by atoms with Gasteiger partial charge in [0.15, 0.2) is 0 Å². The summed E-state index contributed by atoms with van der Waals surface area (Å²) >= 11 is 6.36. The highest BCUT2D eigenvalue weighted by Gasteiger charge is 2.16. The van der Waals surface area contributed by atoms with Crippen LogP contribution < -0.4 is 5.73 Å². The summed E-state index contributed by atoms with van der Waals surface area (Å²) in [5.74, 6) is 0. The molecule has 0 aliphatic carbocycles. The molecule has 0 aliphatic rings. The number of hydrogen-bond acceptors (Lipinski definition) is 1. The molecule has 1 unspecified atom stereocenters. The first-order valence-electron chi connectivity index (χ1n) is 6.50. The predicted octanol–water partition coefficient (Wildman–Crippen LogP) is 4.62. The van der Waals surface area contributed by atoms with Crippen molar-refractivity contribution in [2.24, 2.45) is 5.73 Å². The molecule has 1 atom stereocenters. The minimum atomic E-state index is -0.174. The van der Waals surface area contributed by atoms with Crippen LogP contribution in [0.3, 0.4) is 0 Å². The third kappa shape index (κ3) is 2.68. The highest BCUT2D eigenvalue weighted by atomic mass is 35.5. The summed E-state index contributed by atoms with van der Waals surface area (Å²) in [5.41, 5.74) is 13.5. The number of nitrogens with two attached hydrogens (primary N) is 1. The lowest BCUT2D eigenvalue weighted by atomic mass is 9.92. The lowest BCUT2D eigenvalue weighted by molar-refractivity contribution is 0.856. The van der Waals surface area contributed by atoms with Crippen molar-refractivity contribution in [3.05, 3.63) is 68.7 Å². The van der Waals surface area contributed by atoms with Crippen LogP contribution in [0.5, 0.6) is 0 Å². The van der Waals surface area contributed by atoms with E-state index in [2.05, 4.69) is 45.9 Å². The van der Waals surface area contributed by atoms with Crippen LogP contribution >= 0.6 is 11.6 Å². The molecule has 0 saturated heterocycles. The Hall–Kier alpha value is -1.31. The maximum absolute atomic E-state index is 6.42. The Kier molecular flexibility index (Phi) is 3.98. The van der Waals surface area contributed by atoms with E-state index >= 15 is 0 Å². The van der Waals surface area contributed by atoms with Crippen molar-refractivity contribution in [2.75, 3.05) is 0 Å². The van der Waals surface area contributed by atoms with Gasteiger partial charge in [0.2, 0.25) is 0 Å². The Morgan fingerprint density at radius 1 is 0.895 bits per heavy atom. The summed E-state index contributed by atoms with van der Waals surface area (Å²) in [7, 11) is 0. The number of rotatable bonds is 2. The summed E-state index contributed by atoms with van der Waals surface area (Å²) in [4.78, 5) is 0. The number of hydrogen-bond donors (Lipinski definition) is 1. The Bertz CT molecular complexity index is 617. The largest absolute Gasteiger partial charge is 0.320 e. The lowest BCUT2D eigenvalue weighted by Crippen LogP contribution is -2.14. The van der Waals surface area contributed by atoms with Crippen molar-refractivity contribution in [3.63, 3.8) is 0 Å². The Labute approximate surface area is 120 Å². The van der Waals surface area contributed by atoms with Crippen LogP contribution in [0.1, 0.15) is 39.4 Å². The standard InChI is InChI=1S/C17H20ClN/c1-10-6-5-7-14(13(10)4)17(19)15-8-11(2)12(3)9-16(15)18/h5-9,17H,19H2,1-4H3. The molecule has 2 aromatic carbocycles. The van der Waals surface area contributed by atoms with Crippen LogP contribution in [0, 0.1) is 27.7 Å². The molecule has 100 valence electrons. The van der Waals surface area contributed by atoms with Crippen molar-refractivity contribution < 1.29 is 0 Å². The van der Waals surface area contributed by atoms with Crippen LogP contribution in [0.15, 0.2) is 30.3 Å². The SMILES string of the molecule is Cc1cc(Cl)c(C(N)c2cccc(C)c2C)cc1C. The molecular weight excluding hydrogens is 254 g/mol. The maximum Gasteiger partial charge on any atom is 0.0569 e. The third-order valence-electron chi connectivity index (χ3n) is 3.93. The zero-order valence-electron chi connectivity index (χ0n) is 11.9. The van der Waals surface area contributed by atoms with E-state index in [-0.39, 0.29) is 6.04 Å². The second-order valence-electron chi connectivity index (χ2n) is 5.22. The highest BCUT2D eigenvalue weighted by molar-refractivity contribution is 6.31. The van der Waals surface area contributed by atoms with Gasteiger partial charge in [-0.2, -0.15) is 0 Å². The summed E-state index contributed by atoms with van der Waals surface area (Å²) < 4.78 is 0. The first-order chi connectivity index (χ1) is 8.91. The van der Waals surface area contributed by atoms with Crippen LogP contribution in [0.4, 0.5) is 0 Å². The fourth-order valence-electron chi connectivity index (χ4n) is 2.32. The normalized spacial score (nSPS) is 12.5. The van der Waals surface area contributed by atoms with Gasteiger partial charge in [0.1, 0.15) is 0 Å². The average molecular weight is 274 g/mol. The summed E-state index contributed by atoms with van der Waals surface area (Å²) in [6.45, 7) is 8.37. The summed E-state index contributed by atoms with van der Waals surface area (Å²) in [6, 6.07) is 10.2. The van der Waals surface area contributed by atoms with Gasteiger partial charge in [0, 0.05) is 5.02 Å². The van der Waals surface area contributed by atoms with E-state index in [0.29, 0.717) is 0 Å². The van der Waals surface area contributed by atoms with Crippen LogP contribution in [0.25, 0.3) is 0 Å². The fraction of sp³-hybridized carbons (Fsp3) is 0.294. The van der Waals surface area contributed by atoms with Crippen molar-refractivity contribution in [2.45, 2.75) is 33.7 Å². The van der Waals surface area contributed by atoms with Gasteiger partial charge < -0.3 is 5.73 Å². The molecule has 0 bridgehead atoms. The van der Waals surface area contributed by atoms with E-state index in [1.807, 2.05) is 12.1 Å². The molecule has 2 aromatic rings. The second kappa shape index (κ2) is 5.36. The quantitative estimate of drug-likeness (QED) is 0.849. The molecule has 0 spiro atoms. The molecular formula is C17H20ClN. The third-order valence-corrected chi connectivity index (χ3v) is 4.26. The molecule has 0 saturated carbocycles. The van der Waals surface area contributed by atoms with Crippen molar-refractivity contribution >= 4 is 11.6 Å². The number of halogens is 1. The minimum Gasteiger partial charge on any atom is -0.320 e. The molecule has 0 radical (unpaired) electrons. The van der Waals surface area contributed by atoms with Crippen LogP contribution in [-0.2, 0) is 0 Å². The number of benzene rings is 2. The fourth-order valence-corrected chi connectivity index (χ4v) is 2.66. The van der Waals surface area contributed by atoms with Gasteiger partial charge in [-0.25, -0.2) is 0 Å². The molecule has 0 fully saturated rings. The average Bonchev–Trinajstić information content (AvgIpc) is 2.36. The van der Waals surface area contributed by atoms with E-state index in [1.54, 1.807) is 0 Å². The monoisotopic (exact) mass is 273 g/mol. The van der Waals surface area contributed by atoms with Gasteiger partial charge in [-0.3, -0.25) is 0 Å². The van der Waals surface area contributed by atoms with Gasteiger partial charge in [-0.15, -0.1) is 0 Å². The molecule has 2 N–H and O–H groups in total. The molecule has 0 heterocycles. The minimum absolute atomic E-state index is 0.174. The first kappa shape index (κ1) is 14.1. The first-order valence-corrected chi connectivity index (χ1v) is 6.88. The summed E-state index contributed by atoms with van der Waals surface area (Å²) in [5, 5.41) is 0.747. The van der Waals surface area contributed by atoms with Gasteiger partial charge in [0.25, 0.3) is 0 Å². The van der Waals surface area contributed by atoms with Gasteiger partial charge >= 0.3 is 0 Å². The second-order valence-corrected chi connectivity index (χ2v) is 5.63. The molecule has 0 aliphatic heterocycles. The van der Waals surface area contributed by atoms with E-state index in [9.17, 15) is 0 Å². The molecule has 2 rings (SSSR count). The zero-order valence-corrected chi connectivity index (χ0v) is 12.7. The van der Waals surface area contributed by atoms with Crippen LogP contribution in [0.2, 0.25) is 5.02 Å². The molecule has 0 amide bonds. The Morgan fingerprint density at radius 3 is 2.21 bits per heavy atom. The Balaban J connectivity index is 2.53. The number of aryl methyl sites for hydroxylation is 3. The smallest absolute Gasteiger partial charge is 0.0569 e. The molecule has 0 aromatic heterocycles. The van der Waals surface area contributed by atoms with E-state index in [4.69, 9.17) is 17.3 Å². The predicted molar refractivity (Wildman–Crippen MR) is 82.9 cm³/mol. The highest BCUT2D eigenvalue weighted by Crippen LogP contribution is 2.31. The van der Waals surface area contributed by atoms with Crippen molar-refractivity contribution in [1.29, 1.82) is 0 Å². The van der Waals surface area contributed by atoms with Crippen molar-refractivity contribution in [1.82, 2.24) is 0 Å². The lowest BCUT2D eigenvalue weighted by Gasteiger charge is -2.19. The van der Waals surface area contributed by atoms with E-state index < -0.39 is 0 Å². The van der Waals surface area contributed by atoms with Gasteiger partial charge in [-0.05, 0) is 67.1 Å². The molecule has 2 heteroatoms. The van der Waals surface area contributed by atoms with Gasteiger partial charge in [-0.1, -0.05) is 35.9 Å². The van der Waals surface area contributed by atoms with Crippen LogP contribution in [-0.4, -0.2) is 0 Å². The van der Waals surface area contributed by atoms with Crippen molar-refractivity contribution in [3.8, 4) is 0 Å². The van der Waals surface area contributed by atoms with E-state index in [0.717, 1.165) is 16.1 Å². The molecule has 1 nitrogen and oxygen atoms in total. The summed E-state index contributed by atoms with van der Waals surface area (Å²) in [6.07, 6.45) is 0. The topological polar surface area (TPSA) is 26.0 Å². The maximum atomic E-state index is 6.42.